The van der Waals surface area contributed by atoms with E-state index >= 15 is 4.79 Å². The highest BCUT2D eigenvalue weighted by atomic mass is 35.5. The van der Waals surface area contributed by atoms with E-state index in [0.717, 1.165) is 55.0 Å². The van der Waals surface area contributed by atoms with Crippen molar-refractivity contribution in [2.24, 2.45) is 0 Å². The maximum absolute atomic E-state index is 15.0. The molecular weight excluding hydrogens is 724 g/mol. The first-order valence-corrected chi connectivity index (χ1v) is 17.4. The summed E-state index contributed by atoms with van der Waals surface area (Å²) in [5.41, 5.74) is 0.148. The number of benzene rings is 4. The first kappa shape index (κ1) is 39.0. The molecule has 6 rings (SSSR count). The molecule has 7 nitrogen and oxygen atoms in total. The monoisotopic (exact) mass is 762 g/mol. The quantitative estimate of drug-likeness (QED) is 0.136. The topological polar surface area (TPSA) is 77.1 Å². The molecule has 0 aromatic heterocycles. The van der Waals surface area contributed by atoms with Gasteiger partial charge < -0.3 is 9.84 Å². The van der Waals surface area contributed by atoms with E-state index in [-0.39, 0.29) is 36.9 Å². The second-order valence-corrected chi connectivity index (χ2v) is 13.5. The van der Waals surface area contributed by atoms with Gasteiger partial charge in [-0.25, -0.2) is 0 Å². The number of piperazine rings is 1. The van der Waals surface area contributed by atoms with Gasteiger partial charge in [-0.3, -0.25) is 25.2 Å². The van der Waals surface area contributed by atoms with Gasteiger partial charge in [0.15, 0.2) is 5.66 Å². The number of nitrogens with zero attached hydrogens (tertiary/aromatic N) is 2. The lowest BCUT2D eigenvalue weighted by atomic mass is 9.88. The fourth-order valence-electron chi connectivity index (χ4n) is 6.80. The molecule has 0 amide bonds. The molecule has 2 unspecified atom stereocenters. The summed E-state index contributed by atoms with van der Waals surface area (Å²) in [6.45, 7) is 6.81. The van der Waals surface area contributed by atoms with Crippen LogP contribution in [-0.4, -0.2) is 66.6 Å². The highest BCUT2D eigenvalue weighted by Crippen LogP contribution is 2.46. The Kier molecular flexibility index (Phi) is 12.7. The Morgan fingerprint density at radius 1 is 0.843 bits per heavy atom. The Labute approximate surface area is 312 Å². The van der Waals surface area contributed by atoms with E-state index in [1.807, 2.05) is 36.4 Å². The van der Waals surface area contributed by atoms with E-state index in [1.54, 1.807) is 43.3 Å². The van der Waals surface area contributed by atoms with Crippen LogP contribution in [0.1, 0.15) is 57.2 Å². The van der Waals surface area contributed by atoms with Crippen LogP contribution in [0.15, 0.2) is 91.0 Å². The molecule has 2 atom stereocenters. The van der Waals surface area contributed by atoms with Crippen LogP contribution in [-0.2, 0) is 18.4 Å². The van der Waals surface area contributed by atoms with Gasteiger partial charge in [0.1, 0.15) is 5.75 Å². The van der Waals surface area contributed by atoms with Crippen molar-refractivity contribution in [3.63, 3.8) is 0 Å². The molecular formula is C38H40Cl3F3N4O3. The lowest BCUT2D eigenvalue weighted by Gasteiger charge is -2.34. The predicted molar refractivity (Wildman–Crippen MR) is 196 cm³/mol. The van der Waals surface area contributed by atoms with E-state index in [0.29, 0.717) is 28.7 Å². The molecule has 3 N–H and O–H groups in total. The largest absolute Gasteiger partial charge is 0.493 e. The summed E-state index contributed by atoms with van der Waals surface area (Å²) in [4.78, 5) is 19.5. The van der Waals surface area contributed by atoms with Gasteiger partial charge in [0.25, 0.3) is 0 Å². The van der Waals surface area contributed by atoms with E-state index in [2.05, 4.69) is 20.4 Å². The number of ether oxygens (including phenoxy) is 1. The zero-order valence-electron chi connectivity index (χ0n) is 27.9. The van der Waals surface area contributed by atoms with Gasteiger partial charge in [0.2, 0.25) is 5.78 Å². The van der Waals surface area contributed by atoms with Crippen molar-refractivity contribution in [2.45, 2.75) is 37.4 Å². The van der Waals surface area contributed by atoms with Crippen molar-refractivity contribution in [1.29, 1.82) is 0 Å². The van der Waals surface area contributed by atoms with Crippen molar-refractivity contribution >= 4 is 41.4 Å². The van der Waals surface area contributed by atoms with Gasteiger partial charge in [-0.05, 0) is 66.1 Å². The second kappa shape index (κ2) is 16.7. The molecule has 51 heavy (non-hydrogen) atoms. The van der Waals surface area contributed by atoms with Crippen molar-refractivity contribution in [3.8, 4) is 5.75 Å². The lowest BCUT2D eigenvalue weighted by molar-refractivity contribution is -0.137. The molecule has 4 aromatic rings. The van der Waals surface area contributed by atoms with Crippen molar-refractivity contribution in [1.82, 2.24) is 20.4 Å². The molecule has 2 fully saturated rings. The Morgan fingerprint density at radius 2 is 1.37 bits per heavy atom. The van der Waals surface area contributed by atoms with Crippen LogP contribution < -0.4 is 15.4 Å². The van der Waals surface area contributed by atoms with Gasteiger partial charge in [-0.1, -0.05) is 71.7 Å². The standard InChI is InChI=1S/C38H39Cl2F3N4O3.ClH/c1-2-50-33-16-11-29(38(41,42)43)23-32(33)37(36(49)28-5-3-25(4-6-28)24-47-19-17-46(18-20-47)21-22-48)44-34(26-7-12-30(39)13-8-26)35(45-37)27-9-14-31(40)15-10-27;/h3-16,23,34-35,44-45,48H,2,17-22,24H2,1H3;1H. The summed E-state index contributed by atoms with van der Waals surface area (Å²) in [7, 11) is 0. The first-order chi connectivity index (χ1) is 24.0. The Balaban J connectivity index is 0.00000504. The van der Waals surface area contributed by atoms with E-state index in [1.165, 1.54) is 6.07 Å². The van der Waals surface area contributed by atoms with E-state index in [4.69, 9.17) is 27.9 Å². The lowest BCUT2D eigenvalue weighted by Crippen LogP contribution is -2.53. The van der Waals surface area contributed by atoms with Crippen LogP contribution in [0.4, 0.5) is 13.2 Å². The zero-order chi connectivity index (χ0) is 35.5. The van der Waals surface area contributed by atoms with Crippen LogP contribution in [0, 0.1) is 0 Å². The third-order valence-electron chi connectivity index (χ3n) is 9.39. The average molecular weight is 764 g/mol. The first-order valence-electron chi connectivity index (χ1n) is 16.6. The Bertz CT molecular complexity index is 1720. The smallest absolute Gasteiger partial charge is 0.416 e. The van der Waals surface area contributed by atoms with Gasteiger partial charge in [0.05, 0.1) is 30.9 Å². The van der Waals surface area contributed by atoms with Crippen LogP contribution in [0.2, 0.25) is 10.0 Å². The van der Waals surface area contributed by atoms with Crippen LogP contribution in [0.3, 0.4) is 0 Å². The van der Waals surface area contributed by atoms with Gasteiger partial charge in [-0.15, -0.1) is 12.4 Å². The van der Waals surface area contributed by atoms with Crippen molar-refractivity contribution < 1.29 is 27.8 Å². The molecule has 13 heteroatoms. The van der Waals surface area contributed by atoms with Crippen molar-refractivity contribution in [2.75, 3.05) is 45.9 Å². The molecule has 272 valence electrons. The number of hydrogen-bond donors (Lipinski definition) is 3. The molecule has 0 saturated carbocycles. The number of ketones is 1. The minimum atomic E-state index is -4.67. The number of nitrogens with one attached hydrogen (secondary N) is 2. The Hall–Kier alpha value is -3.19. The predicted octanol–water partition coefficient (Wildman–Crippen LogP) is 7.65. The summed E-state index contributed by atoms with van der Waals surface area (Å²) < 4.78 is 48.7. The number of carbonyl (C=O) groups is 1. The molecule has 2 heterocycles. The number of hydrogen-bond acceptors (Lipinski definition) is 7. The van der Waals surface area contributed by atoms with Crippen LogP contribution in [0.5, 0.6) is 5.75 Å². The number of alkyl halides is 3. The van der Waals surface area contributed by atoms with Gasteiger partial charge in [-0.2, -0.15) is 13.2 Å². The SMILES string of the molecule is CCOc1ccc(C(F)(F)F)cc1C1(C(=O)c2ccc(CN3CCN(CCO)CC3)cc2)NC(c2ccc(Cl)cc2)C(c2ccc(Cl)cc2)N1.Cl. The molecule has 2 aliphatic rings. The van der Waals surface area contributed by atoms with Crippen molar-refractivity contribution in [3.05, 3.63) is 134 Å². The number of halogens is 6. The van der Waals surface area contributed by atoms with Gasteiger partial charge in [0, 0.05) is 60.4 Å². The molecule has 0 spiro atoms. The molecule has 2 saturated heterocycles. The Morgan fingerprint density at radius 3 is 1.86 bits per heavy atom. The minimum Gasteiger partial charge on any atom is -0.493 e. The highest BCUT2D eigenvalue weighted by Gasteiger charge is 2.53. The normalized spacial score (nSPS) is 21.3. The number of aliphatic hydroxyl groups is 1. The van der Waals surface area contributed by atoms with Crippen LogP contribution in [0.25, 0.3) is 0 Å². The van der Waals surface area contributed by atoms with Crippen LogP contribution >= 0.6 is 35.6 Å². The van der Waals surface area contributed by atoms with Gasteiger partial charge >= 0.3 is 6.18 Å². The minimum absolute atomic E-state index is 0. The number of Topliss-reactive ketones (excluding diaryl/α,β-unsaturated/α-hetero) is 1. The third kappa shape index (κ3) is 8.72. The third-order valence-corrected chi connectivity index (χ3v) is 9.89. The fraction of sp³-hybridized carbons (Fsp3) is 0.342. The summed E-state index contributed by atoms with van der Waals surface area (Å²) in [5, 5.41) is 17.3. The summed E-state index contributed by atoms with van der Waals surface area (Å²) in [5.74, 6) is -0.310. The summed E-state index contributed by atoms with van der Waals surface area (Å²) in [6.07, 6.45) is -4.67. The molecule has 0 radical (unpaired) electrons. The summed E-state index contributed by atoms with van der Waals surface area (Å²) >= 11 is 12.5. The maximum atomic E-state index is 15.0. The molecule has 2 aliphatic heterocycles. The van der Waals surface area contributed by atoms with E-state index < -0.39 is 35.3 Å². The zero-order valence-corrected chi connectivity index (χ0v) is 30.3. The number of aliphatic hydroxyl groups excluding tert-OH is 1. The number of β-amino-alcohol motifs (C(OH)–C–C–N with tert-alkyl or cyclic N) is 1. The second-order valence-electron chi connectivity index (χ2n) is 12.6. The molecule has 0 bridgehead atoms. The molecule has 4 aromatic carbocycles. The number of rotatable bonds is 11. The molecule has 0 aliphatic carbocycles. The highest BCUT2D eigenvalue weighted by molar-refractivity contribution is 6.30. The van der Waals surface area contributed by atoms with E-state index in [9.17, 15) is 18.3 Å². The number of carbonyl (C=O) groups excluding carboxylic acids is 1. The average Bonchev–Trinajstić information content (AvgIpc) is 3.51. The maximum Gasteiger partial charge on any atom is 0.416 e. The fourth-order valence-corrected chi connectivity index (χ4v) is 7.06. The summed E-state index contributed by atoms with van der Waals surface area (Å²) in [6, 6.07) is 23.6.